The van der Waals surface area contributed by atoms with Gasteiger partial charge in [-0.1, -0.05) is 25.4 Å². The zero-order valence-corrected chi connectivity index (χ0v) is 11.7. The molecule has 1 rings (SSSR count). The van der Waals surface area contributed by atoms with Crippen LogP contribution in [0.15, 0.2) is 12.1 Å². The standard InChI is InChI=1S/C13H14ClF2NO3/c1-6(2)3-11(13(19)20)17-12(18)7-4-9(15)10(16)5-8(7)14/h4-6,11H,3H2,1-2H3,(H,17,18)(H,19,20)/t11-/m1/s1. The number of carbonyl (C=O) groups is 2. The second-order valence-corrected chi connectivity index (χ2v) is 5.15. The van der Waals surface area contributed by atoms with Gasteiger partial charge in [0.15, 0.2) is 11.6 Å². The zero-order valence-electron chi connectivity index (χ0n) is 10.9. The fraction of sp³-hybridized carbons (Fsp3) is 0.385. The molecule has 0 heterocycles. The Morgan fingerprint density at radius 2 is 1.85 bits per heavy atom. The molecule has 0 saturated heterocycles. The summed E-state index contributed by atoms with van der Waals surface area (Å²) in [6.07, 6.45) is 0.211. The largest absolute Gasteiger partial charge is 0.480 e. The summed E-state index contributed by atoms with van der Waals surface area (Å²) in [4.78, 5) is 22.9. The topological polar surface area (TPSA) is 66.4 Å². The Labute approximate surface area is 119 Å². The first kappa shape index (κ1) is 16.4. The number of aliphatic carboxylic acids is 1. The van der Waals surface area contributed by atoms with E-state index >= 15 is 0 Å². The van der Waals surface area contributed by atoms with Crippen LogP contribution in [0.4, 0.5) is 8.78 Å². The Morgan fingerprint density at radius 1 is 1.30 bits per heavy atom. The van der Waals surface area contributed by atoms with Crippen molar-refractivity contribution in [1.29, 1.82) is 0 Å². The van der Waals surface area contributed by atoms with Crippen LogP contribution >= 0.6 is 11.6 Å². The van der Waals surface area contributed by atoms with Gasteiger partial charge in [0.2, 0.25) is 0 Å². The molecule has 0 unspecified atom stereocenters. The van der Waals surface area contributed by atoms with E-state index in [1.807, 2.05) is 0 Å². The Bertz CT molecular complexity index is 535. The van der Waals surface area contributed by atoms with Crippen LogP contribution in [0, 0.1) is 17.6 Å². The van der Waals surface area contributed by atoms with Crippen molar-refractivity contribution >= 4 is 23.5 Å². The van der Waals surface area contributed by atoms with E-state index in [0.29, 0.717) is 12.1 Å². The van der Waals surface area contributed by atoms with Gasteiger partial charge in [-0.2, -0.15) is 0 Å². The highest BCUT2D eigenvalue weighted by molar-refractivity contribution is 6.33. The van der Waals surface area contributed by atoms with Crippen molar-refractivity contribution in [3.63, 3.8) is 0 Å². The summed E-state index contributed by atoms with van der Waals surface area (Å²) in [5.41, 5.74) is -0.305. The van der Waals surface area contributed by atoms with Gasteiger partial charge in [0, 0.05) is 0 Å². The van der Waals surface area contributed by atoms with Gasteiger partial charge in [0.1, 0.15) is 6.04 Å². The van der Waals surface area contributed by atoms with Crippen LogP contribution in [0.3, 0.4) is 0 Å². The number of benzene rings is 1. The van der Waals surface area contributed by atoms with Crippen molar-refractivity contribution < 1.29 is 23.5 Å². The highest BCUT2D eigenvalue weighted by atomic mass is 35.5. The lowest BCUT2D eigenvalue weighted by Crippen LogP contribution is -2.41. The molecule has 0 radical (unpaired) electrons. The van der Waals surface area contributed by atoms with Gasteiger partial charge in [-0.3, -0.25) is 4.79 Å². The van der Waals surface area contributed by atoms with E-state index in [4.69, 9.17) is 16.7 Å². The van der Waals surface area contributed by atoms with Crippen molar-refractivity contribution in [3.8, 4) is 0 Å². The molecular weight excluding hydrogens is 292 g/mol. The predicted molar refractivity (Wildman–Crippen MR) is 69.7 cm³/mol. The Hall–Kier alpha value is -1.69. The third kappa shape index (κ3) is 4.16. The number of carboxylic acids is 1. The maximum atomic E-state index is 13.1. The summed E-state index contributed by atoms with van der Waals surface area (Å²) >= 11 is 5.65. The summed E-state index contributed by atoms with van der Waals surface area (Å²) in [7, 11) is 0. The van der Waals surface area contributed by atoms with E-state index in [0.717, 1.165) is 0 Å². The van der Waals surface area contributed by atoms with Gasteiger partial charge in [-0.05, 0) is 24.5 Å². The molecule has 0 saturated carbocycles. The molecule has 0 aliphatic rings. The Kier molecular flexibility index (Phi) is 5.44. The fourth-order valence-electron chi connectivity index (χ4n) is 1.63. The van der Waals surface area contributed by atoms with Crippen LogP contribution in [0.2, 0.25) is 5.02 Å². The smallest absolute Gasteiger partial charge is 0.326 e. The zero-order chi connectivity index (χ0) is 15.4. The third-order valence-corrected chi connectivity index (χ3v) is 2.88. The van der Waals surface area contributed by atoms with E-state index in [1.54, 1.807) is 13.8 Å². The van der Waals surface area contributed by atoms with Gasteiger partial charge in [-0.25, -0.2) is 13.6 Å². The van der Waals surface area contributed by atoms with Crippen molar-refractivity contribution in [2.75, 3.05) is 0 Å². The van der Waals surface area contributed by atoms with Crippen molar-refractivity contribution in [1.82, 2.24) is 5.32 Å². The number of hydrogen-bond donors (Lipinski definition) is 2. The molecule has 7 heteroatoms. The second-order valence-electron chi connectivity index (χ2n) is 4.74. The van der Waals surface area contributed by atoms with E-state index in [-0.39, 0.29) is 22.9 Å². The van der Waals surface area contributed by atoms with Gasteiger partial charge < -0.3 is 10.4 Å². The quantitative estimate of drug-likeness (QED) is 0.822. The fourth-order valence-corrected chi connectivity index (χ4v) is 1.86. The van der Waals surface area contributed by atoms with Crippen LogP contribution in [-0.2, 0) is 4.79 Å². The molecule has 0 bridgehead atoms. The molecule has 2 N–H and O–H groups in total. The van der Waals surface area contributed by atoms with Crippen LogP contribution < -0.4 is 5.32 Å². The van der Waals surface area contributed by atoms with E-state index in [9.17, 15) is 18.4 Å². The minimum Gasteiger partial charge on any atom is -0.480 e. The minimum atomic E-state index is -1.23. The lowest BCUT2D eigenvalue weighted by Gasteiger charge is -2.17. The molecule has 1 aromatic carbocycles. The maximum absolute atomic E-state index is 13.1. The third-order valence-electron chi connectivity index (χ3n) is 2.57. The number of carbonyl (C=O) groups excluding carboxylic acids is 1. The van der Waals surface area contributed by atoms with Crippen LogP contribution in [0.25, 0.3) is 0 Å². The highest BCUT2D eigenvalue weighted by Crippen LogP contribution is 2.20. The number of hydrogen-bond acceptors (Lipinski definition) is 2. The average molecular weight is 306 g/mol. The van der Waals surface area contributed by atoms with Gasteiger partial charge in [0.05, 0.1) is 10.6 Å². The lowest BCUT2D eigenvalue weighted by atomic mass is 10.0. The number of halogens is 3. The number of rotatable bonds is 5. The molecule has 4 nitrogen and oxygen atoms in total. The van der Waals surface area contributed by atoms with Crippen molar-refractivity contribution in [2.24, 2.45) is 5.92 Å². The molecule has 110 valence electrons. The maximum Gasteiger partial charge on any atom is 0.326 e. The van der Waals surface area contributed by atoms with Gasteiger partial charge in [-0.15, -0.1) is 0 Å². The molecule has 0 spiro atoms. The first-order valence-corrected chi connectivity index (χ1v) is 6.28. The van der Waals surface area contributed by atoms with Gasteiger partial charge >= 0.3 is 5.97 Å². The molecule has 1 amide bonds. The summed E-state index contributed by atoms with van der Waals surface area (Å²) < 4.78 is 26.0. The normalized spacial score (nSPS) is 12.3. The van der Waals surface area contributed by atoms with Crippen LogP contribution in [0.1, 0.15) is 30.6 Å². The first-order valence-electron chi connectivity index (χ1n) is 5.90. The molecular formula is C13H14ClF2NO3. The summed E-state index contributed by atoms with van der Waals surface area (Å²) in [6.45, 7) is 3.60. The summed E-state index contributed by atoms with van der Waals surface area (Å²) in [5, 5.41) is 11.0. The molecule has 0 fully saturated rings. The predicted octanol–water partition coefficient (Wildman–Crippen LogP) is 2.85. The monoisotopic (exact) mass is 305 g/mol. The van der Waals surface area contributed by atoms with E-state index in [1.165, 1.54) is 0 Å². The van der Waals surface area contributed by atoms with Crippen molar-refractivity contribution in [2.45, 2.75) is 26.3 Å². The molecule has 0 aliphatic heterocycles. The highest BCUT2D eigenvalue weighted by Gasteiger charge is 2.23. The summed E-state index contributed by atoms with van der Waals surface area (Å²) in [6, 6.07) is 0.192. The van der Waals surface area contributed by atoms with E-state index in [2.05, 4.69) is 5.32 Å². The second kappa shape index (κ2) is 6.65. The van der Waals surface area contributed by atoms with E-state index < -0.39 is 29.6 Å². The lowest BCUT2D eigenvalue weighted by molar-refractivity contribution is -0.139. The number of amides is 1. The minimum absolute atomic E-state index is 0.0387. The average Bonchev–Trinajstić information content (AvgIpc) is 2.32. The molecule has 0 aliphatic carbocycles. The van der Waals surface area contributed by atoms with Crippen molar-refractivity contribution in [3.05, 3.63) is 34.4 Å². The molecule has 1 aromatic rings. The SMILES string of the molecule is CC(C)C[C@@H](NC(=O)c1cc(F)c(F)cc1Cl)C(=O)O. The molecule has 1 atom stereocenters. The Morgan fingerprint density at radius 3 is 2.35 bits per heavy atom. The molecule has 20 heavy (non-hydrogen) atoms. The number of carboxylic acid groups (broad SMARTS) is 1. The summed E-state index contributed by atoms with van der Waals surface area (Å²) in [5.74, 6) is -4.43. The van der Waals surface area contributed by atoms with Crippen LogP contribution in [-0.4, -0.2) is 23.0 Å². The molecule has 0 aromatic heterocycles. The Balaban J connectivity index is 2.95. The van der Waals surface area contributed by atoms with Gasteiger partial charge in [0.25, 0.3) is 5.91 Å². The van der Waals surface area contributed by atoms with Crippen LogP contribution in [0.5, 0.6) is 0 Å². The number of nitrogens with one attached hydrogen (secondary N) is 1. The first-order chi connectivity index (χ1) is 9.22.